The van der Waals surface area contributed by atoms with E-state index in [4.69, 9.17) is 4.74 Å². The van der Waals surface area contributed by atoms with Crippen LogP contribution in [0.4, 0.5) is 0 Å². The normalized spacial score (nSPS) is 22.8. The number of ether oxygens (including phenoxy) is 1. The van der Waals surface area contributed by atoms with Crippen molar-refractivity contribution < 1.29 is 4.74 Å². The molecule has 0 radical (unpaired) electrons. The van der Waals surface area contributed by atoms with Crippen molar-refractivity contribution in [2.45, 2.75) is 51.5 Å². The molecular weight excluding hydrogens is 314 g/mol. The van der Waals surface area contributed by atoms with Crippen molar-refractivity contribution >= 4 is 15.9 Å². The van der Waals surface area contributed by atoms with Gasteiger partial charge in [-0.05, 0) is 61.9 Å². The van der Waals surface area contributed by atoms with Gasteiger partial charge in [0.15, 0.2) is 0 Å². The molecule has 0 heterocycles. The molecule has 0 aromatic heterocycles. The summed E-state index contributed by atoms with van der Waals surface area (Å²) in [4.78, 5) is 0. The molecule has 112 valence electrons. The molecule has 1 fully saturated rings. The van der Waals surface area contributed by atoms with E-state index in [1.165, 1.54) is 37.7 Å². The minimum Gasteiger partial charge on any atom is -0.496 e. The Bertz CT molecular complexity index is 421. The monoisotopic (exact) mass is 339 g/mol. The van der Waals surface area contributed by atoms with Gasteiger partial charge in [-0.3, -0.25) is 0 Å². The van der Waals surface area contributed by atoms with Crippen molar-refractivity contribution in [3.8, 4) is 5.75 Å². The average molecular weight is 340 g/mol. The molecule has 1 aromatic rings. The van der Waals surface area contributed by atoms with Crippen molar-refractivity contribution in [2.75, 3.05) is 13.7 Å². The molecule has 0 aliphatic heterocycles. The van der Waals surface area contributed by atoms with E-state index in [0.29, 0.717) is 6.04 Å². The van der Waals surface area contributed by atoms with Gasteiger partial charge in [-0.1, -0.05) is 35.7 Å². The van der Waals surface area contributed by atoms with Gasteiger partial charge >= 0.3 is 0 Å². The molecule has 2 nitrogen and oxygen atoms in total. The SMILES string of the molecule is CCCNC1CCCC(Cc2cc(Br)ccc2OC)C1. The Morgan fingerprint density at radius 2 is 2.20 bits per heavy atom. The highest BCUT2D eigenvalue weighted by molar-refractivity contribution is 9.10. The van der Waals surface area contributed by atoms with Crippen molar-refractivity contribution in [1.29, 1.82) is 0 Å². The van der Waals surface area contributed by atoms with Crippen LogP contribution in [0.2, 0.25) is 0 Å². The van der Waals surface area contributed by atoms with E-state index in [-0.39, 0.29) is 0 Å². The largest absolute Gasteiger partial charge is 0.496 e. The third-order valence-electron chi connectivity index (χ3n) is 4.22. The Hall–Kier alpha value is -0.540. The first kappa shape index (κ1) is 15.8. The first-order valence-electron chi connectivity index (χ1n) is 7.78. The third-order valence-corrected chi connectivity index (χ3v) is 4.71. The molecule has 1 N–H and O–H groups in total. The minimum atomic E-state index is 0.715. The number of hydrogen-bond donors (Lipinski definition) is 1. The molecule has 0 amide bonds. The summed E-state index contributed by atoms with van der Waals surface area (Å²) in [6.07, 6.45) is 7.69. The van der Waals surface area contributed by atoms with Gasteiger partial charge in [0.05, 0.1) is 7.11 Å². The number of methoxy groups -OCH3 is 1. The smallest absolute Gasteiger partial charge is 0.122 e. The number of nitrogens with one attached hydrogen (secondary N) is 1. The first-order chi connectivity index (χ1) is 9.72. The molecule has 2 atom stereocenters. The van der Waals surface area contributed by atoms with Gasteiger partial charge < -0.3 is 10.1 Å². The predicted octanol–water partition coefficient (Wildman–Crippen LogP) is 4.56. The minimum absolute atomic E-state index is 0.715. The van der Waals surface area contributed by atoms with Gasteiger partial charge in [-0.25, -0.2) is 0 Å². The summed E-state index contributed by atoms with van der Waals surface area (Å²) in [6, 6.07) is 7.04. The summed E-state index contributed by atoms with van der Waals surface area (Å²) in [7, 11) is 1.76. The van der Waals surface area contributed by atoms with Crippen LogP contribution in [0.3, 0.4) is 0 Å². The van der Waals surface area contributed by atoms with Crippen LogP contribution in [0.1, 0.15) is 44.6 Å². The highest BCUT2D eigenvalue weighted by Gasteiger charge is 2.22. The van der Waals surface area contributed by atoms with Crippen LogP contribution in [0.25, 0.3) is 0 Å². The van der Waals surface area contributed by atoms with Gasteiger partial charge in [-0.15, -0.1) is 0 Å². The van der Waals surface area contributed by atoms with Gasteiger partial charge in [0.2, 0.25) is 0 Å². The van der Waals surface area contributed by atoms with Crippen molar-refractivity contribution in [1.82, 2.24) is 5.32 Å². The lowest BCUT2D eigenvalue weighted by molar-refractivity contribution is 0.282. The lowest BCUT2D eigenvalue weighted by Crippen LogP contribution is -2.35. The second-order valence-corrected chi connectivity index (χ2v) is 6.76. The molecule has 0 spiro atoms. The second-order valence-electron chi connectivity index (χ2n) is 5.84. The number of rotatable bonds is 6. The summed E-state index contributed by atoms with van der Waals surface area (Å²) in [5.41, 5.74) is 1.34. The van der Waals surface area contributed by atoms with E-state index < -0.39 is 0 Å². The van der Waals surface area contributed by atoms with Crippen molar-refractivity contribution in [2.24, 2.45) is 5.92 Å². The maximum absolute atomic E-state index is 5.50. The van der Waals surface area contributed by atoms with E-state index in [1.807, 2.05) is 0 Å². The van der Waals surface area contributed by atoms with Crippen LogP contribution in [0.5, 0.6) is 5.75 Å². The van der Waals surface area contributed by atoms with Gasteiger partial charge in [0.25, 0.3) is 0 Å². The Balaban J connectivity index is 1.97. The van der Waals surface area contributed by atoms with E-state index in [2.05, 4.69) is 46.4 Å². The molecule has 1 aliphatic carbocycles. The summed E-state index contributed by atoms with van der Waals surface area (Å²) in [5, 5.41) is 3.69. The second kappa shape index (κ2) is 8.04. The zero-order valence-corrected chi connectivity index (χ0v) is 14.2. The summed E-state index contributed by atoms with van der Waals surface area (Å²) >= 11 is 3.57. The highest BCUT2D eigenvalue weighted by Crippen LogP contribution is 2.31. The number of benzene rings is 1. The van der Waals surface area contributed by atoms with E-state index in [0.717, 1.165) is 29.1 Å². The molecule has 2 rings (SSSR count). The lowest BCUT2D eigenvalue weighted by atomic mass is 9.82. The molecule has 3 heteroatoms. The zero-order valence-electron chi connectivity index (χ0n) is 12.6. The maximum Gasteiger partial charge on any atom is 0.122 e. The molecule has 1 aromatic carbocycles. The van der Waals surface area contributed by atoms with Crippen molar-refractivity contribution in [3.05, 3.63) is 28.2 Å². The van der Waals surface area contributed by atoms with Crippen LogP contribution in [0, 0.1) is 5.92 Å². The molecule has 20 heavy (non-hydrogen) atoms. The van der Waals surface area contributed by atoms with Gasteiger partial charge in [0, 0.05) is 10.5 Å². The highest BCUT2D eigenvalue weighted by atomic mass is 79.9. The standard InChI is InChI=1S/C17H26BrNO/c1-3-9-19-16-6-4-5-13(11-16)10-14-12-15(18)7-8-17(14)20-2/h7-8,12-13,16,19H,3-6,9-11H2,1-2H3. The van der Waals surface area contributed by atoms with Crippen LogP contribution >= 0.6 is 15.9 Å². The van der Waals surface area contributed by atoms with E-state index in [9.17, 15) is 0 Å². The van der Waals surface area contributed by atoms with Crippen molar-refractivity contribution in [3.63, 3.8) is 0 Å². The fourth-order valence-corrected chi connectivity index (χ4v) is 3.64. The maximum atomic E-state index is 5.50. The molecule has 2 unspecified atom stereocenters. The fourth-order valence-electron chi connectivity index (χ4n) is 3.23. The average Bonchev–Trinajstić information content (AvgIpc) is 2.46. The number of halogens is 1. The lowest BCUT2D eigenvalue weighted by Gasteiger charge is -2.30. The Labute approximate surface area is 131 Å². The molecule has 1 aliphatic rings. The van der Waals surface area contributed by atoms with Crippen LogP contribution < -0.4 is 10.1 Å². The Kier molecular flexibility index (Phi) is 6.37. The fraction of sp³-hybridized carbons (Fsp3) is 0.647. The summed E-state index contributed by atoms with van der Waals surface area (Å²) in [6.45, 7) is 3.39. The van der Waals surface area contributed by atoms with Gasteiger partial charge in [0.1, 0.15) is 5.75 Å². The molecule has 0 bridgehead atoms. The Morgan fingerprint density at radius 3 is 2.95 bits per heavy atom. The van der Waals surface area contributed by atoms with Crippen LogP contribution in [-0.2, 0) is 6.42 Å². The summed E-state index contributed by atoms with van der Waals surface area (Å²) in [5.74, 6) is 1.80. The van der Waals surface area contributed by atoms with Crippen LogP contribution in [-0.4, -0.2) is 19.7 Å². The van der Waals surface area contributed by atoms with E-state index in [1.54, 1.807) is 7.11 Å². The topological polar surface area (TPSA) is 21.3 Å². The number of hydrogen-bond acceptors (Lipinski definition) is 2. The molecule has 1 saturated carbocycles. The first-order valence-corrected chi connectivity index (χ1v) is 8.58. The summed E-state index contributed by atoms with van der Waals surface area (Å²) < 4.78 is 6.64. The Morgan fingerprint density at radius 1 is 1.35 bits per heavy atom. The quantitative estimate of drug-likeness (QED) is 0.820. The zero-order chi connectivity index (χ0) is 14.4. The molecular formula is C17H26BrNO. The molecule has 0 saturated heterocycles. The predicted molar refractivity (Wildman–Crippen MR) is 88.4 cm³/mol. The van der Waals surface area contributed by atoms with Gasteiger partial charge in [-0.2, -0.15) is 0 Å². The van der Waals surface area contributed by atoms with Crippen LogP contribution in [0.15, 0.2) is 22.7 Å². The third kappa shape index (κ3) is 4.49. The van der Waals surface area contributed by atoms with E-state index >= 15 is 0 Å².